The van der Waals surface area contributed by atoms with Crippen LogP contribution in [0.2, 0.25) is 0 Å². The van der Waals surface area contributed by atoms with Crippen molar-refractivity contribution in [1.29, 1.82) is 0 Å². The van der Waals surface area contributed by atoms with Crippen LogP contribution in [-0.4, -0.2) is 84.1 Å². The van der Waals surface area contributed by atoms with Crippen LogP contribution < -0.4 is 9.80 Å². The molecule has 1 aliphatic rings. The number of hydrogen-bond donors (Lipinski definition) is 1. The molecule has 0 aliphatic carbocycles. The van der Waals surface area contributed by atoms with E-state index in [4.69, 9.17) is 9.47 Å². The van der Waals surface area contributed by atoms with Crippen LogP contribution in [0.5, 0.6) is 0 Å². The Morgan fingerprint density at radius 3 is 2.20 bits per heavy atom. The topological polar surface area (TPSA) is 46.5 Å². The normalized spacial score (nSPS) is 15.4. The highest BCUT2D eigenvalue weighted by molar-refractivity contribution is 5.77. The standard InChI is InChI=1S/C18H28FN3O3/c1-24-13-11-22(12-14-25-2)18(23)15-20-7-9-21(10-8-20)17-5-3-16(19)4-6-17/h3-6H,7-15H2,1-2H3/p+1. The van der Waals surface area contributed by atoms with Crippen molar-refractivity contribution in [1.82, 2.24) is 4.90 Å². The summed E-state index contributed by atoms with van der Waals surface area (Å²) in [5.74, 6) is -0.0786. The van der Waals surface area contributed by atoms with Crippen LogP contribution in [0.4, 0.5) is 10.1 Å². The van der Waals surface area contributed by atoms with Gasteiger partial charge in [0.15, 0.2) is 6.54 Å². The molecule has 1 N–H and O–H groups in total. The summed E-state index contributed by atoms with van der Waals surface area (Å²) in [5.41, 5.74) is 1.04. The molecular formula is C18H29FN3O3+. The summed E-state index contributed by atoms with van der Waals surface area (Å²) in [4.78, 5) is 17.9. The molecule has 1 heterocycles. The lowest BCUT2D eigenvalue weighted by atomic mass is 10.2. The van der Waals surface area contributed by atoms with Gasteiger partial charge in [0.05, 0.1) is 39.4 Å². The van der Waals surface area contributed by atoms with Crippen LogP contribution in [0.15, 0.2) is 24.3 Å². The molecule has 0 radical (unpaired) electrons. The fraction of sp³-hybridized carbons (Fsp3) is 0.611. The first kappa shape index (κ1) is 19.6. The molecule has 0 bridgehead atoms. The van der Waals surface area contributed by atoms with Gasteiger partial charge in [-0.05, 0) is 24.3 Å². The number of piperazine rings is 1. The number of benzene rings is 1. The molecule has 7 heteroatoms. The number of carbonyl (C=O) groups is 1. The predicted octanol–water partition coefficient (Wildman–Crippen LogP) is -0.348. The zero-order chi connectivity index (χ0) is 18.1. The van der Waals surface area contributed by atoms with Crippen molar-refractivity contribution in [2.75, 3.05) is 78.1 Å². The minimum absolute atomic E-state index is 0.138. The Kier molecular flexibility index (Phi) is 8.11. The first-order chi connectivity index (χ1) is 12.1. The van der Waals surface area contributed by atoms with Crippen molar-refractivity contribution in [2.24, 2.45) is 0 Å². The fourth-order valence-corrected chi connectivity index (χ4v) is 3.00. The average Bonchev–Trinajstić information content (AvgIpc) is 2.63. The quantitative estimate of drug-likeness (QED) is 0.659. The van der Waals surface area contributed by atoms with Crippen molar-refractivity contribution in [2.45, 2.75) is 0 Å². The van der Waals surface area contributed by atoms with Gasteiger partial charge in [0.1, 0.15) is 5.82 Å². The molecule has 140 valence electrons. The number of methoxy groups -OCH3 is 2. The van der Waals surface area contributed by atoms with Gasteiger partial charge in [0.25, 0.3) is 5.91 Å². The van der Waals surface area contributed by atoms with Crippen LogP contribution in [-0.2, 0) is 14.3 Å². The second-order valence-electron chi connectivity index (χ2n) is 6.26. The van der Waals surface area contributed by atoms with Gasteiger partial charge < -0.3 is 24.2 Å². The number of ether oxygens (including phenoxy) is 2. The summed E-state index contributed by atoms with van der Waals surface area (Å²) >= 11 is 0. The first-order valence-corrected chi connectivity index (χ1v) is 8.73. The largest absolute Gasteiger partial charge is 0.383 e. The number of amides is 1. The van der Waals surface area contributed by atoms with Gasteiger partial charge in [-0.1, -0.05) is 0 Å². The number of quaternary nitrogens is 1. The van der Waals surface area contributed by atoms with E-state index in [-0.39, 0.29) is 11.7 Å². The fourth-order valence-electron chi connectivity index (χ4n) is 3.00. The van der Waals surface area contributed by atoms with Crippen molar-refractivity contribution in [3.8, 4) is 0 Å². The van der Waals surface area contributed by atoms with Gasteiger partial charge in [-0.15, -0.1) is 0 Å². The number of nitrogens with one attached hydrogen (secondary N) is 1. The van der Waals surface area contributed by atoms with Gasteiger partial charge in [0, 0.05) is 33.0 Å². The van der Waals surface area contributed by atoms with E-state index in [1.54, 1.807) is 14.2 Å². The third kappa shape index (κ3) is 6.26. The molecule has 1 aliphatic heterocycles. The van der Waals surface area contributed by atoms with Crippen LogP contribution in [0, 0.1) is 5.82 Å². The van der Waals surface area contributed by atoms with E-state index in [9.17, 15) is 9.18 Å². The summed E-state index contributed by atoms with van der Waals surface area (Å²) in [6.07, 6.45) is 0. The minimum Gasteiger partial charge on any atom is -0.383 e. The van der Waals surface area contributed by atoms with Crippen LogP contribution in [0.25, 0.3) is 0 Å². The molecule has 1 aromatic carbocycles. The highest BCUT2D eigenvalue weighted by Gasteiger charge is 2.24. The third-order valence-corrected chi connectivity index (χ3v) is 4.55. The van der Waals surface area contributed by atoms with Gasteiger partial charge in [0.2, 0.25) is 0 Å². The summed E-state index contributed by atoms with van der Waals surface area (Å²) in [5, 5.41) is 0. The molecule has 0 atom stereocenters. The molecule has 0 spiro atoms. The van der Waals surface area contributed by atoms with Crippen molar-refractivity contribution in [3.63, 3.8) is 0 Å². The molecule has 0 unspecified atom stereocenters. The number of anilines is 1. The highest BCUT2D eigenvalue weighted by Crippen LogP contribution is 2.14. The van der Waals surface area contributed by atoms with E-state index < -0.39 is 0 Å². The van der Waals surface area contributed by atoms with E-state index >= 15 is 0 Å². The number of nitrogens with zero attached hydrogens (tertiary/aromatic N) is 2. The van der Waals surface area contributed by atoms with Crippen LogP contribution in [0.1, 0.15) is 0 Å². The van der Waals surface area contributed by atoms with Gasteiger partial charge in [-0.25, -0.2) is 4.39 Å². The number of rotatable bonds is 9. The zero-order valence-corrected chi connectivity index (χ0v) is 15.2. The van der Waals surface area contributed by atoms with E-state index in [2.05, 4.69) is 4.90 Å². The summed E-state index contributed by atoms with van der Waals surface area (Å²) in [6.45, 7) is 6.25. The smallest absolute Gasteiger partial charge is 0.277 e. The molecule has 6 nitrogen and oxygen atoms in total. The van der Waals surface area contributed by atoms with E-state index in [1.807, 2.05) is 17.0 Å². The van der Waals surface area contributed by atoms with E-state index in [0.717, 1.165) is 31.9 Å². The SMILES string of the molecule is COCCN(CCOC)C(=O)C[NH+]1CCN(c2ccc(F)cc2)CC1. The summed E-state index contributed by atoms with van der Waals surface area (Å²) < 4.78 is 23.2. The lowest BCUT2D eigenvalue weighted by Gasteiger charge is -2.34. The zero-order valence-electron chi connectivity index (χ0n) is 15.2. The maximum Gasteiger partial charge on any atom is 0.277 e. The van der Waals surface area contributed by atoms with Gasteiger partial charge in [-0.2, -0.15) is 0 Å². The number of hydrogen-bond acceptors (Lipinski definition) is 4. The third-order valence-electron chi connectivity index (χ3n) is 4.55. The number of carbonyl (C=O) groups excluding carboxylic acids is 1. The molecule has 1 fully saturated rings. The van der Waals surface area contributed by atoms with Crippen molar-refractivity contribution >= 4 is 11.6 Å². The van der Waals surface area contributed by atoms with E-state index in [1.165, 1.54) is 17.0 Å². The molecule has 25 heavy (non-hydrogen) atoms. The average molecular weight is 354 g/mol. The van der Waals surface area contributed by atoms with Gasteiger partial charge in [-0.3, -0.25) is 4.79 Å². The van der Waals surface area contributed by atoms with Crippen LogP contribution >= 0.6 is 0 Å². The maximum absolute atomic E-state index is 13.0. The maximum atomic E-state index is 13.0. The predicted molar refractivity (Wildman–Crippen MR) is 94.5 cm³/mol. The highest BCUT2D eigenvalue weighted by atomic mass is 19.1. The second-order valence-corrected chi connectivity index (χ2v) is 6.26. The van der Waals surface area contributed by atoms with E-state index in [0.29, 0.717) is 32.8 Å². The van der Waals surface area contributed by atoms with Crippen molar-refractivity contribution < 1.29 is 23.6 Å². The Morgan fingerprint density at radius 1 is 1.12 bits per heavy atom. The van der Waals surface area contributed by atoms with Crippen molar-refractivity contribution in [3.05, 3.63) is 30.1 Å². The number of halogens is 1. The molecule has 1 amide bonds. The Labute approximate surface area is 149 Å². The van der Waals surface area contributed by atoms with Gasteiger partial charge >= 0.3 is 0 Å². The minimum atomic E-state index is -0.217. The Morgan fingerprint density at radius 2 is 1.68 bits per heavy atom. The summed E-state index contributed by atoms with van der Waals surface area (Å²) in [6, 6.07) is 6.59. The molecule has 1 saturated heterocycles. The molecular weight excluding hydrogens is 325 g/mol. The summed E-state index contributed by atoms with van der Waals surface area (Å²) in [7, 11) is 3.28. The first-order valence-electron chi connectivity index (χ1n) is 8.73. The second kappa shape index (κ2) is 10.3. The molecule has 0 aromatic heterocycles. The molecule has 1 aromatic rings. The lowest BCUT2D eigenvalue weighted by Crippen LogP contribution is -3.16. The molecule has 2 rings (SSSR count). The van der Waals surface area contributed by atoms with Crippen LogP contribution in [0.3, 0.4) is 0 Å². The Balaban J connectivity index is 1.80. The monoisotopic (exact) mass is 354 g/mol. The Bertz CT molecular complexity index is 511. The molecule has 0 saturated carbocycles. The lowest BCUT2D eigenvalue weighted by molar-refractivity contribution is -0.892. The Hall–Kier alpha value is -1.70.